The van der Waals surface area contributed by atoms with Crippen molar-refractivity contribution >= 4 is 10.0 Å². The lowest BCUT2D eigenvalue weighted by Gasteiger charge is -2.33. The Hall–Kier alpha value is -1.89. The van der Waals surface area contributed by atoms with Gasteiger partial charge < -0.3 is 4.74 Å². The number of benzene rings is 2. The smallest absolute Gasteiger partial charge is 0.217 e. The van der Waals surface area contributed by atoms with Crippen molar-refractivity contribution < 1.29 is 13.2 Å². The molecule has 2 aromatic carbocycles. The molecule has 0 spiro atoms. The van der Waals surface area contributed by atoms with Gasteiger partial charge in [-0.05, 0) is 36.1 Å². The number of sulfonamides is 1. The summed E-state index contributed by atoms with van der Waals surface area (Å²) in [5.41, 5.74) is 2.80. The number of hydrogen-bond acceptors (Lipinski definition) is 4. The zero-order valence-corrected chi connectivity index (χ0v) is 16.3. The fraction of sp³-hybridized carbons (Fsp3) is 0.429. The monoisotopic (exact) mass is 386 g/mol. The summed E-state index contributed by atoms with van der Waals surface area (Å²) in [7, 11) is -3.28. The molecule has 5 nitrogen and oxygen atoms in total. The van der Waals surface area contributed by atoms with Crippen LogP contribution < -0.4 is 4.74 Å². The second kappa shape index (κ2) is 8.00. The Morgan fingerprint density at radius 3 is 2.52 bits per heavy atom. The van der Waals surface area contributed by atoms with E-state index in [4.69, 9.17) is 4.74 Å². The van der Waals surface area contributed by atoms with Crippen LogP contribution in [0.15, 0.2) is 54.6 Å². The number of hydrogen-bond donors (Lipinski definition) is 0. The van der Waals surface area contributed by atoms with E-state index in [0.717, 1.165) is 25.9 Å². The molecule has 2 aromatic rings. The molecule has 2 aliphatic rings. The average molecular weight is 387 g/mol. The second-order valence-electron chi connectivity index (χ2n) is 7.27. The van der Waals surface area contributed by atoms with Gasteiger partial charge in [-0.1, -0.05) is 42.5 Å². The number of nitrogens with zero attached hydrogens (tertiary/aromatic N) is 2. The lowest BCUT2D eigenvalue weighted by atomic mass is 9.98. The lowest BCUT2D eigenvalue weighted by Crippen LogP contribution is -2.42. The fourth-order valence-corrected chi connectivity index (χ4v) is 5.34. The van der Waals surface area contributed by atoms with Crippen LogP contribution in [0.2, 0.25) is 0 Å². The summed E-state index contributed by atoms with van der Waals surface area (Å²) < 4.78 is 32.6. The van der Waals surface area contributed by atoms with Crippen molar-refractivity contribution in [2.24, 2.45) is 0 Å². The standard InChI is InChI=1S/C21H26N2O3S/c24-27(25,15-14-26-21-8-2-1-3-9-21)23-13-11-20(17-23)22-12-10-18-6-4-5-7-19(18)16-22/h1-9,20H,10-17H2. The summed E-state index contributed by atoms with van der Waals surface area (Å²) in [6, 6.07) is 18.2. The van der Waals surface area contributed by atoms with Crippen LogP contribution in [-0.2, 0) is 23.0 Å². The lowest BCUT2D eigenvalue weighted by molar-refractivity contribution is 0.185. The molecule has 2 heterocycles. The molecule has 0 bridgehead atoms. The number of fused-ring (bicyclic) bond motifs is 1. The van der Waals surface area contributed by atoms with E-state index in [9.17, 15) is 8.42 Å². The van der Waals surface area contributed by atoms with Crippen molar-refractivity contribution in [3.8, 4) is 5.75 Å². The van der Waals surface area contributed by atoms with Gasteiger partial charge >= 0.3 is 0 Å². The molecule has 6 heteroatoms. The molecule has 27 heavy (non-hydrogen) atoms. The minimum absolute atomic E-state index is 0.0252. The molecule has 0 aromatic heterocycles. The van der Waals surface area contributed by atoms with E-state index in [1.807, 2.05) is 30.3 Å². The average Bonchev–Trinajstić information content (AvgIpc) is 3.20. The summed E-state index contributed by atoms with van der Waals surface area (Å²) in [6.45, 7) is 3.31. The third-order valence-corrected chi connectivity index (χ3v) is 7.35. The highest BCUT2D eigenvalue weighted by atomic mass is 32.2. The number of para-hydroxylation sites is 1. The van der Waals surface area contributed by atoms with Crippen molar-refractivity contribution in [3.05, 3.63) is 65.7 Å². The molecule has 1 saturated heterocycles. The second-order valence-corrected chi connectivity index (χ2v) is 9.36. The summed E-state index contributed by atoms with van der Waals surface area (Å²) >= 11 is 0. The zero-order valence-electron chi connectivity index (χ0n) is 15.5. The molecule has 1 unspecified atom stereocenters. The van der Waals surface area contributed by atoms with E-state index in [1.54, 1.807) is 4.31 Å². The third kappa shape index (κ3) is 4.34. The molecule has 0 N–H and O–H groups in total. The third-order valence-electron chi connectivity index (χ3n) is 5.55. The minimum Gasteiger partial charge on any atom is -0.492 e. The van der Waals surface area contributed by atoms with Gasteiger partial charge in [0.15, 0.2) is 0 Å². The van der Waals surface area contributed by atoms with Gasteiger partial charge in [-0.15, -0.1) is 0 Å². The van der Waals surface area contributed by atoms with Crippen molar-refractivity contribution in [2.45, 2.75) is 25.4 Å². The van der Waals surface area contributed by atoms with Crippen LogP contribution in [0.3, 0.4) is 0 Å². The molecule has 0 amide bonds. The highest BCUT2D eigenvalue weighted by Gasteiger charge is 2.35. The van der Waals surface area contributed by atoms with Crippen LogP contribution >= 0.6 is 0 Å². The Balaban J connectivity index is 1.31. The Labute approximate surface area is 161 Å². The Kier molecular flexibility index (Phi) is 5.48. The van der Waals surface area contributed by atoms with Crippen LogP contribution in [0.1, 0.15) is 17.5 Å². The van der Waals surface area contributed by atoms with Crippen molar-refractivity contribution in [1.29, 1.82) is 0 Å². The summed E-state index contributed by atoms with van der Waals surface area (Å²) in [4.78, 5) is 2.44. The topological polar surface area (TPSA) is 49.9 Å². The molecule has 0 aliphatic carbocycles. The molecule has 0 saturated carbocycles. The first-order chi connectivity index (χ1) is 13.1. The summed E-state index contributed by atoms with van der Waals surface area (Å²) in [5, 5.41) is 0. The quantitative estimate of drug-likeness (QED) is 0.766. The van der Waals surface area contributed by atoms with Gasteiger partial charge in [0.25, 0.3) is 0 Å². The fourth-order valence-electron chi connectivity index (χ4n) is 4.00. The van der Waals surface area contributed by atoms with E-state index in [0.29, 0.717) is 24.9 Å². The van der Waals surface area contributed by atoms with E-state index in [1.165, 1.54) is 11.1 Å². The number of ether oxygens (including phenoxy) is 1. The molecule has 4 rings (SSSR count). The maximum Gasteiger partial charge on any atom is 0.217 e. The van der Waals surface area contributed by atoms with E-state index in [-0.39, 0.29) is 12.4 Å². The molecular weight excluding hydrogens is 360 g/mol. The van der Waals surface area contributed by atoms with Gasteiger partial charge in [0, 0.05) is 32.2 Å². The van der Waals surface area contributed by atoms with Gasteiger partial charge in [0.2, 0.25) is 10.0 Å². The summed E-state index contributed by atoms with van der Waals surface area (Å²) in [5.74, 6) is 0.733. The van der Waals surface area contributed by atoms with Crippen molar-refractivity contribution in [3.63, 3.8) is 0 Å². The van der Waals surface area contributed by atoms with Gasteiger partial charge in [-0.25, -0.2) is 12.7 Å². The first-order valence-electron chi connectivity index (χ1n) is 9.58. The zero-order chi connectivity index (χ0) is 18.7. The molecule has 1 atom stereocenters. The highest BCUT2D eigenvalue weighted by Crippen LogP contribution is 2.25. The SMILES string of the molecule is O=S(=O)(CCOc1ccccc1)N1CCC(N2CCc3ccccc3C2)C1. The largest absolute Gasteiger partial charge is 0.492 e. The predicted octanol–water partition coefficient (Wildman–Crippen LogP) is 2.53. The molecular formula is C21H26N2O3S. The van der Waals surface area contributed by atoms with Crippen LogP contribution in [0.25, 0.3) is 0 Å². The Bertz CT molecular complexity index is 870. The molecule has 1 fully saturated rings. The van der Waals surface area contributed by atoms with Crippen LogP contribution in [0, 0.1) is 0 Å². The summed E-state index contributed by atoms with van der Waals surface area (Å²) in [6.07, 6.45) is 1.95. The van der Waals surface area contributed by atoms with E-state index in [2.05, 4.69) is 29.2 Å². The first kappa shape index (κ1) is 18.5. The van der Waals surface area contributed by atoms with Crippen molar-refractivity contribution in [1.82, 2.24) is 9.21 Å². The van der Waals surface area contributed by atoms with Crippen LogP contribution in [0.4, 0.5) is 0 Å². The van der Waals surface area contributed by atoms with Gasteiger partial charge in [-0.3, -0.25) is 4.90 Å². The highest BCUT2D eigenvalue weighted by molar-refractivity contribution is 7.89. The molecule has 2 aliphatic heterocycles. The van der Waals surface area contributed by atoms with Gasteiger partial charge in [0.1, 0.15) is 12.4 Å². The maximum atomic E-state index is 12.7. The number of rotatable bonds is 6. The van der Waals surface area contributed by atoms with Gasteiger partial charge in [0.05, 0.1) is 5.75 Å². The predicted molar refractivity (Wildman–Crippen MR) is 106 cm³/mol. The van der Waals surface area contributed by atoms with Gasteiger partial charge in [-0.2, -0.15) is 0 Å². The van der Waals surface area contributed by atoms with E-state index >= 15 is 0 Å². The Morgan fingerprint density at radius 2 is 1.70 bits per heavy atom. The minimum atomic E-state index is -3.28. The normalized spacial score (nSPS) is 21.1. The maximum absolute atomic E-state index is 12.7. The van der Waals surface area contributed by atoms with Crippen LogP contribution in [0.5, 0.6) is 5.75 Å². The van der Waals surface area contributed by atoms with Crippen LogP contribution in [-0.4, -0.2) is 55.7 Å². The van der Waals surface area contributed by atoms with E-state index < -0.39 is 10.0 Å². The molecule has 0 radical (unpaired) electrons. The molecule has 144 valence electrons. The first-order valence-corrected chi connectivity index (χ1v) is 11.2. The Morgan fingerprint density at radius 1 is 0.963 bits per heavy atom. The van der Waals surface area contributed by atoms with Crippen molar-refractivity contribution in [2.75, 3.05) is 32.0 Å².